The molecule has 8 heteroatoms. The molecule has 3 atom stereocenters. The second-order valence-electron chi connectivity index (χ2n) is 6.48. The van der Waals surface area contributed by atoms with E-state index in [2.05, 4.69) is 10.6 Å². The molecule has 0 aromatic rings. The van der Waals surface area contributed by atoms with Crippen molar-refractivity contribution in [3.05, 3.63) is 0 Å². The smallest absolute Gasteiger partial charge is 0.354 e. The van der Waals surface area contributed by atoms with Gasteiger partial charge in [-0.3, -0.25) is 9.59 Å². The lowest BCUT2D eigenvalue weighted by atomic mass is 9.78. The minimum atomic E-state index is -4.23. The highest BCUT2D eigenvalue weighted by Gasteiger charge is 2.45. The third kappa shape index (κ3) is 6.37. The van der Waals surface area contributed by atoms with Gasteiger partial charge in [-0.05, 0) is 24.7 Å². The summed E-state index contributed by atoms with van der Waals surface area (Å²) in [7, 11) is 0. The van der Waals surface area contributed by atoms with E-state index in [-0.39, 0.29) is 25.4 Å². The van der Waals surface area contributed by atoms with E-state index in [1.807, 2.05) is 0 Å². The molecule has 1 saturated carbocycles. The first-order chi connectivity index (χ1) is 10.6. The van der Waals surface area contributed by atoms with Gasteiger partial charge in [-0.1, -0.05) is 26.7 Å². The zero-order valence-corrected chi connectivity index (χ0v) is 13.6. The van der Waals surface area contributed by atoms with Crippen LogP contribution in [0.2, 0.25) is 0 Å². The molecule has 23 heavy (non-hydrogen) atoms. The fraction of sp³-hybridized carbons (Fsp3) is 0.867. The summed E-state index contributed by atoms with van der Waals surface area (Å²) in [5.74, 6) is -2.96. The highest BCUT2D eigenvalue weighted by molar-refractivity contribution is 5.87. The Morgan fingerprint density at radius 3 is 2.35 bits per heavy atom. The molecule has 2 amide bonds. The van der Waals surface area contributed by atoms with Gasteiger partial charge in [0.05, 0.1) is 18.5 Å². The van der Waals surface area contributed by atoms with E-state index in [9.17, 15) is 22.8 Å². The van der Waals surface area contributed by atoms with E-state index in [1.165, 1.54) is 0 Å². The lowest BCUT2D eigenvalue weighted by Crippen LogP contribution is -2.48. The summed E-state index contributed by atoms with van der Waals surface area (Å²) in [4.78, 5) is 23.3. The third-order valence-corrected chi connectivity index (χ3v) is 4.34. The van der Waals surface area contributed by atoms with Gasteiger partial charge in [-0.25, -0.2) is 0 Å². The SMILES string of the molecule is CC(C)[C@H](N)C(=O)NCC(=O)NCC1CCCCC1C(F)(F)F. The molecular weight excluding hydrogens is 311 g/mol. The fourth-order valence-corrected chi connectivity index (χ4v) is 2.78. The summed E-state index contributed by atoms with van der Waals surface area (Å²) in [6.07, 6.45) is -2.35. The lowest BCUT2D eigenvalue weighted by Gasteiger charge is -2.33. The number of carbonyl (C=O) groups excluding carboxylic acids is 2. The van der Waals surface area contributed by atoms with Crippen LogP contribution in [0.1, 0.15) is 39.5 Å². The number of amides is 2. The number of nitrogens with two attached hydrogens (primary N) is 1. The Morgan fingerprint density at radius 1 is 1.17 bits per heavy atom. The number of halogens is 3. The summed E-state index contributed by atoms with van der Waals surface area (Å²) in [5, 5.41) is 4.88. The van der Waals surface area contributed by atoms with E-state index < -0.39 is 35.9 Å². The van der Waals surface area contributed by atoms with E-state index in [1.54, 1.807) is 13.8 Å². The maximum Gasteiger partial charge on any atom is 0.392 e. The van der Waals surface area contributed by atoms with Crippen molar-refractivity contribution in [2.45, 2.75) is 51.7 Å². The number of rotatable bonds is 6. The second kappa shape index (κ2) is 8.52. The first kappa shape index (κ1) is 19.7. The second-order valence-corrected chi connectivity index (χ2v) is 6.48. The van der Waals surface area contributed by atoms with Crippen LogP contribution in [-0.2, 0) is 9.59 Å². The van der Waals surface area contributed by atoms with Crippen LogP contribution in [0.15, 0.2) is 0 Å². The Kier molecular flexibility index (Phi) is 7.31. The molecule has 134 valence electrons. The average Bonchev–Trinajstić information content (AvgIpc) is 2.49. The largest absolute Gasteiger partial charge is 0.392 e. The van der Waals surface area contributed by atoms with Crippen molar-refractivity contribution in [2.24, 2.45) is 23.5 Å². The van der Waals surface area contributed by atoms with Crippen molar-refractivity contribution < 1.29 is 22.8 Å². The quantitative estimate of drug-likeness (QED) is 0.688. The van der Waals surface area contributed by atoms with Crippen LogP contribution in [0.3, 0.4) is 0 Å². The number of carbonyl (C=O) groups is 2. The number of nitrogens with one attached hydrogen (secondary N) is 2. The van der Waals surface area contributed by atoms with Crippen LogP contribution in [0.4, 0.5) is 13.2 Å². The van der Waals surface area contributed by atoms with Crippen LogP contribution in [-0.4, -0.2) is 37.1 Å². The molecular formula is C15H26F3N3O2. The van der Waals surface area contributed by atoms with Crippen LogP contribution in [0.25, 0.3) is 0 Å². The van der Waals surface area contributed by atoms with Crippen molar-refractivity contribution in [3.63, 3.8) is 0 Å². The summed E-state index contributed by atoms with van der Waals surface area (Å²) in [5.41, 5.74) is 5.63. The topological polar surface area (TPSA) is 84.2 Å². The fourth-order valence-electron chi connectivity index (χ4n) is 2.78. The molecule has 2 unspecified atom stereocenters. The first-order valence-electron chi connectivity index (χ1n) is 7.99. The Bertz CT molecular complexity index is 413. The van der Waals surface area contributed by atoms with Crippen molar-refractivity contribution in [1.82, 2.24) is 10.6 Å². The molecule has 1 aliphatic rings. The van der Waals surface area contributed by atoms with Gasteiger partial charge in [0.15, 0.2) is 0 Å². The van der Waals surface area contributed by atoms with Crippen molar-refractivity contribution in [2.75, 3.05) is 13.1 Å². The Balaban J connectivity index is 2.38. The molecule has 1 fully saturated rings. The van der Waals surface area contributed by atoms with E-state index in [0.717, 1.165) is 6.42 Å². The molecule has 1 aliphatic carbocycles. The van der Waals surface area contributed by atoms with Crippen LogP contribution >= 0.6 is 0 Å². The predicted molar refractivity (Wildman–Crippen MR) is 80.3 cm³/mol. The van der Waals surface area contributed by atoms with E-state index in [4.69, 9.17) is 5.73 Å². The maximum absolute atomic E-state index is 13.0. The summed E-state index contributed by atoms with van der Waals surface area (Å²) in [6.45, 7) is 3.27. The van der Waals surface area contributed by atoms with E-state index >= 15 is 0 Å². The first-order valence-corrected chi connectivity index (χ1v) is 7.99. The molecule has 5 nitrogen and oxygen atoms in total. The van der Waals surface area contributed by atoms with Crippen LogP contribution < -0.4 is 16.4 Å². The third-order valence-electron chi connectivity index (χ3n) is 4.34. The Morgan fingerprint density at radius 2 is 1.78 bits per heavy atom. The molecule has 0 heterocycles. The Hall–Kier alpha value is -1.31. The normalized spacial score (nSPS) is 23.4. The number of hydrogen-bond donors (Lipinski definition) is 3. The molecule has 1 rings (SSSR count). The van der Waals surface area contributed by atoms with Crippen molar-refractivity contribution in [1.29, 1.82) is 0 Å². The van der Waals surface area contributed by atoms with Gasteiger partial charge in [0, 0.05) is 6.54 Å². The van der Waals surface area contributed by atoms with Gasteiger partial charge < -0.3 is 16.4 Å². The van der Waals surface area contributed by atoms with Gasteiger partial charge in [-0.2, -0.15) is 13.2 Å². The highest BCUT2D eigenvalue weighted by atomic mass is 19.4. The molecule has 0 spiro atoms. The van der Waals surface area contributed by atoms with E-state index in [0.29, 0.717) is 12.8 Å². The molecule has 4 N–H and O–H groups in total. The summed E-state index contributed by atoms with van der Waals surface area (Å²) in [6, 6.07) is -0.712. The minimum Gasteiger partial charge on any atom is -0.354 e. The van der Waals surface area contributed by atoms with Gasteiger partial charge in [0.2, 0.25) is 11.8 Å². The van der Waals surface area contributed by atoms with Crippen LogP contribution in [0, 0.1) is 17.8 Å². The van der Waals surface area contributed by atoms with Gasteiger partial charge >= 0.3 is 6.18 Å². The molecule has 0 bridgehead atoms. The zero-order chi connectivity index (χ0) is 17.6. The molecule has 0 radical (unpaired) electrons. The predicted octanol–water partition coefficient (Wildman–Crippen LogP) is 1.57. The highest BCUT2D eigenvalue weighted by Crippen LogP contribution is 2.41. The molecule has 0 aliphatic heterocycles. The lowest BCUT2D eigenvalue weighted by molar-refractivity contribution is -0.195. The van der Waals surface area contributed by atoms with Crippen molar-refractivity contribution in [3.8, 4) is 0 Å². The Labute approximate surface area is 134 Å². The number of hydrogen-bond acceptors (Lipinski definition) is 3. The van der Waals surface area contributed by atoms with Gasteiger partial charge in [-0.15, -0.1) is 0 Å². The van der Waals surface area contributed by atoms with Gasteiger partial charge in [0.25, 0.3) is 0 Å². The minimum absolute atomic E-state index is 0.0187. The maximum atomic E-state index is 13.0. The van der Waals surface area contributed by atoms with Gasteiger partial charge in [0.1, 0.15) is 0 Å². The summed E-state index contributed by atoms with van der Waals surface area (Å²) >= 11 is 0. The monoisotopic (exact) mass is 337 g/mol. The number of alkyl halides is 3. The summed E-state index contributed by atoms with van der Waals surface area (Å²) < 4.78 is 38.9. The standard InChI is InChI=1S/C15H26F3N3O2/c1-9(2)13(19)14(23)21-8-12(22)20-7-10-5-3-4-6-11(10)15(16,17)18/h9-11,13H,3-8,19H2,1-2H3,(H,20,22)(H,21,23)/t10?,11?,13-/m0/s1. The molecule has 0 aromatic heterocycles. The van der Waals surface area contributed by atoms with Crippen LogP contribution in [0.5, 0.6) is 0 Å². The average molecular weight is 337 g/mol. The van der Waals surface area contributed by atoms with Crippen molar-refractivity contribution >= 4 is 11.8 Å². The zero-order valence-electron chi connectivity index (χ0n) is 13.6. The molecule has 0 aromatic carbocycles. The molecule has 0 saturated heterocycles.